The smallest absolute Gasteiger partial charge is 0.153 e. The molecule has 1 aliphatic rings. The minimum absolute atomic E-state index is 0.444. The van der Waals surface area contributed by atoms with Crippen LogP contribution in [0.2, 0.25) is 0 Å². The van der Waals surface area contributed by atoms with Gasteiger partial charge in [-0.25, -0.2) is 0 Å². The number of aromatic nitrogens is 4. The SMILES string of the molecule is CCn1nc(C)c(-c2nn(C3CCCC3)cc2C=O)c1C. The third-order valence-electron chi connectivity index (χ3n) is 4.50. The van der Waals surface area contributed by atoms with Crippen molar-refractivity contribution in [3.8, 4) is 11.3 Å². The molecule has 0 aromatic carbocycles. The van der Waals surface area contributed by atoms with Crippen molar-refractivity contribution in [3.63, 3.8) is 0 Å². The predicted molar refractivity (Wildman–Crippen MR) is 81.5 cm³/mol. The van der Waals surface area contributed by atoms with Crippen LogP contribution < -0.4 is 0 Å². The molecule has 0 N–H and O–H groups in total. The van der Waals surface area contributed by atoms with Crippen LogP contribution in [-0.2, 0) is 6.54 Å². The molecule has 0 atom stereocenters. The summed E-state index contributed by atoms with van der Waals surface area (Å²) in [5.41, 5.74) is 4.48. The Morgan fingerprint density at radius 2 is 2.00 bits per heavy atom. The minimum Gasteiger partial charge on any atom is -0.298 e. The summed E-state index contributed by atoms with van der Waals surface area (Å²) in [6.45, 7) is 6.92. The van der Waals surface area contributed by atoms with Gasteiger partial charge in [0.2, 0.25) is 0 Å². The molecule has 2 aromatic rings. The molecular formula is C16H22N4O. The van der Waals surface area contributed by atoms with Crippen molar-refractivity contribution in [3.05, 3.63) is 23.1 Å². The average Bonchev–Trinajstić information content (AvgIpc) is 3.17. The molecule has 2 heterocycles. The Labute approximate surface area is 125 Å². The monoisotopic (exact) mass is 286 g/mol. The molecule has 5 nitrogen and oxygen atoms in total. The molecule has 21 heavy (non-hydrogen) atoms. The zero-order valence-electron chi connectivity index (χ0n) is 13.0. The molecule has 3 rings (SSSR count). The van der Waals surface area contributed by atoms with Gasteiger partial charge >= 0.3 is 0 Å². The summed E-state index contributed by atoms with van der Waals surface area (Å²) in [5, 5.41) is 9.27. The van der Waals surface area contributed by atoms with Crippen LogP contribution in [0, 0.1) is 13.8 Å². The fourth-order valence-electron chi connectivity index (χ4n) is 3.39. The van der Waals surface area contributed by atoms with E-state index in [1.165, 1.54) is 12.8 Å². The van der Waals surface area contributed by atoms with Crippen molar-refractivity contribution >= 4 is 6.29 Å². The van der Waals surface area contributed by atoms with E-state index in [0.29, 0.717) is 11.6 Å². The lowest BCUT2D eigenvalue weighted by Crippen LogP contribution is -2.05. The summed E-state index contributed by atoms with van der Waals surface area (Å²) in [6, 6.07) is 0.444. The fraction of sp³-hybridized carbons (Fsp3) is 0.562. The number of hydrogen-bond donors (Lipinski definition) is 0. The highest BCUT2D eigenvalue weighted by molar-refractivity contribution is 5.86. The number of carbonyl (C=O) groups is 1. The summed E-state index contributed by atoms with van der Waals surface area (Å²) < 4.78 is 3.96. The van der Waals surface area contributed by atoms with E-state index in [4.69, 9.17) is 5.10 Å². The first-order valence-electron chi connectivity index (χ1n) is 7.74. The van der Waals surface area contributed by atoms with Crippen LogP contribution in [0.3, 0.4) is 0 Å². The van der Waals surface area contributed by atoms with E-state index in [1.54, 1.807) is 0 Å². The Kier molecular flexibility index (Phi) is 3.66. The Morgan fingerprint density at radius 3 is 2.57 bits per heavy atom. The molecule has 1 aliphatic carbocycles. The van der Waals surface area contributed by atoms with Crippen molar-refractivity contribution in [2.45, 2.75) is 59.0 Å². The van der Waals surface area contributed by atoms with E-state index in [2.05, 4.69) is 12.0 Å². The van der Waals surface area contributed by atoms with Crippen LogP contribution in [-0.4, -0.2) is 25.8 Å². The molecule has 0 aliphatic heterocycles. The number of nitrogens with zero attached hydrogens (tertiary/aromatic N) is 4. The van der Waals surface area contributed by atoms with E-state index in [0.717, 1.165) is 48.3 Å². The fourth-order valence-corrected chi connectivity index (χ4v) is 3.39. The van der Waals surface area contributed by atoms with Gasteiger partial charge in [-0.15, -0.1) is 0 Å². The van der Waals surface area contributed by atoms with Crippen LogP contribution in [0.4, 0.5) is 0 Å². The zero-order chi connectivity index (χ0) is 15.0. The molecular weight excluding hydrogens is 264 g/mol. The van der Waals surface area contributed by atoms with Gasteiger partial charge in [-0.1, -0.05) is 12.8 Å². The Balaban J connectivity index is 2.09. The Bertz CT molecular complexity index is 662. The van der Waals surface area contributed by atoms with Crippen molar-refractivity contribution < 1.29 is 4.79 Å². The number of aldehydes is 1. The third kappa shape index (κ3) is 2.30. The molecule has 2 aromatic heterocycles. The lowest BCUT2D eigenvalue weighted by atomic mass is 10.1. The first kappa shape index (κ1) is 14.0. The highest BCUT2D eigenvalue weighted by Gasteiger charge is 2.23. The molecule has 0 radical (unpaired) electrons. The maximum absolute atomic E-state index is 11.4. The highest BCUT2D eigenvalue weighted by Crippen LogP contribution is 2.33. The molecule has 1 fully saturated rings. The third-order valence-corrected chi connectivity index (χ3v) is 4.50. The number of carbonyl (C=O) groups excluding carboxylic acids is 1. The zero-order valence-corrected chi connectivity index (χ0v) is 13.0. The first-order chi connectivity index (χ1) is 10.2. The molecule has 5 heteroatoms. The standard InChI is InChI=1S/C16H22N4O/c1-4-19-12(3)15(11(2)17-19)16-13(10-21)9-20(18-16)14-7-5-6-8-14/h9-10,14H,4-8H2,1-3H3. The van der Waals surface area contributed by atoms with E-state index >= 15 is 0 Å². The van der Waals surface area contributed by atoms with Gasteiger partial charge in [-0.05, 0) is 33.6 Å². The van der Waals surface area contributed by atoms with Crippen molar-refractivity contribution in [1.82, 2.24) is 19.6 Å². The van der Waals surface area contributed by atoms with Gasteiger partial charge in [0.25, 0.3) is 0 Å². The molecule has 0 spiro atoms. The minimum atomic E-state index is 0.444. The second-order valence-electron chi connectivity index (χ2n) is 5.83. The average molecular weight is 286 g/mol. The van der Waals surface area contributed by atoms with Gasteiger partial charge in [-0.3, -0.25) is 14.2 Å². The number of hydrogen-bond acceptors (Lipinski definition) is 3. The quantitative estimate of drug-likeness (QED) is 0.810. The maximum atomic E-state index is 11.4. The summed E-state index contributed by atoms with van der Waals surface area (Å²) in [5.74, 6) is 0. The van der Waals surface area contributed by atoms with Crippen LogP contribution in [0.25, 0.3) is 11.3 Å². The second-order valence-corrected chi connectivity index (χ2v) is 5.83. The second kappa shape index (κ2) is 5.47. The van der Waals surface area contributed by atoms with Crippen molar-refractivity contribution in [1.29, 1.82) is 0 Å². The number of rotatable bonds is 4. The maximum Gasteiger partial charge on any atom is 0.153 e. The van der Waals surface area contributed by atoms with Gasteiger partial charge < -0.3 is 0 Å². The molecule has 0 bridgehead atoms. The lowest BCUT2D eigenvalue weighted by molar-refractivity contribution is 0.112. The van der Waals surface area contributed by atoms with Crippen LogP contribution in [0.15, 0.2) is 6.20 Å². The molecule has 112 valence electrons. The van der Waals surface area contributed by atoms with Gasteiger partial charge in [0, 0.05) is 24.0 Å². The topological polar surface area (TPSA) is 52.7 Å². The van der Waals surface area contributed by atoms with Gasteiger partial charge in [0.15, 0.2) is 6.29 Å². The first-order valence-corrected chi connectivity index (χ1v) is 7.74. The lowest BCUT2D eigenvalue weighted by Gasteiger charge is -2.08. The van der Waals surface area contributed by atoms with E-state index in [9.17, 15) is 4.79 Å². The normalized spacial score (nSPS) is 15.8. The summed E-state index contributed by atoms with van der Waals surface area (Å²) >= 11 is 0. The van der Waals surface area contributed by atoms with Crippen molar-refractivity contribution in [2.24, 2.45) is 0 Å². The highest BCUT2D eigenvalue weighted by atomic mass is 16.1. The van der Waals surface area contributed by atoms with E-state index in [1.807, 2.05) is 29.4 Å². The predicted octanol–water partition coefficient (Wildman–Crippen LogP) is 3.31. The largest absolute Gasteiger partial charge is 0.298 e. The molecule has 0 amide bonds. The van der Waals surface area contributed by atoms with E-state index in [-0.39, 0.29) is 0 Å². The molecule has 0 saturated heterocycles. The Hall–Kier alpha value is -1.91. The Morgan fingerprint density at radius 1 is 1.29 bits per heavy atom. The van der Waals surface area contributed by atoms with Crippen LogP contribution >= 0.6 is 0 Å². The van der Waals surface area contributed by atoms with Gasteiger partial charge in [0.05, 0.1) is 17.3 Å². The summed E-state index contributed by atoms with van der Waals surface area (Å²) in [4.78, 5) is 11.4. The summed E-state index contributed by atoms with van der Waals surface area (Å²) in [7, 11) is 0. The summed E-state index contributed by atoms with van der Waals surface area (Å²) in [6.07, 6.45) is 7.64. The van der Waals surface area contributed by atoms with Gasteiger partial charge in [-0.2, -0.15) is 10.2 Å². The van der Waals surface area contributed by atoms with Crippen LogP contribution in [0.5, 0.6) is 0 Å². The van der Waals surface area contributed by atoms with Crippen molar-refractivity contribution in [2.75, 3.05) is 0 Å². The molecule has 0 unspecified atom stereocenters. The van der Waals surface area contributed by atoms with Crippen LogP contribution in [0.1, 0.15) is 60.4 Å². The molecule has 1 saturated carbocycles. The van der Waals surface area contributed by atoms with Gasteiger partial charge in [0.1, 0.15) is 5.69 Å². The van der Waals surface area contributed by atoms with E-state index < -0.39 is 0 Å². The number of aryl methyl sites for hydroxylation is 2.